The van der Waals surface area contributed by atoms with Gasteiger partial charge >= 0.3 is 0 Å². The molecule has 2 aromatic heterocycles. The number of hydrogen-bond acceptors (Lipinski definition) is 6. The van der Waals surface area contributed by atoms with E-state index in [-0.39, 0.29) is 0 Å². The average molecular weight is 301 g/mol. The van der Waals surface area contributed by atoms with Gasteiger partial charge in [-0.05, 0) is 20.4 Å². The Morgan fingerprint density at radius 3 is 2.73 bits per heavy atom. The van der Waals surface area contributed by atoms with Crippen LogP contribution in [-0.4, -0.2) is 82.2 Å². The Morgan fingerprint density at radius 2 is 1.91 bits per heavy atom. The lowest BCUT2D eigenvalue weighted by atomic mass is 10.2. The average Bonchev–Trinajstić information content (AvgIpc) is 3.13. The predicted octanol–water partition coefficient (Wildman–Crippen LogP) is 0.0426. The van der Waals surface area contributed by atoms with Gasteiger partial charge in [0.05, 0.1) is 0 Å². The van der Waals surface area contributed by atoms with Gasteiger partial charge in [-0.25, -0.2) is 4.98 Å². The Labute approximate surface area is 130 Å². The van der Waals surface area contributed by atoms with Crippen LogP contribution in [0.25, 0.3) is 5.78 Å². The normalized spacial score (nSPS) is 20.0. The minimum atomic E-state index is 0.711. The van der Waals surface area contributed by atoms with Crippen LogP contribution >= 0.6 is 0 Å². The zero-order valence-electron chi connectivity index (χ0n) is 13.4. The van der Waals surface area contributed by atoms with Gasteiger partial charge < -0.3 is 9.80 Å². The Kier molecular flexibility index (Phi) is 3.46. The fourth-order valence-electron chi connectivity index (χ4n) is 3.49. The van der Waals surface area contributed by atoms with E-state index in [9.17, 15) is 0 Å². The first-order valence-corrected chi connectivity index (χ1v) is 8.07. The molecule has 0 atom stereocenters. The maximum absolute atomic E-state index is 4.55. The number of aromatic nitrogens is 4. The summed E-state index contributed by atoms with van der Waals surface area (Å²) < 4.78 is 1.90. The maximum atomic E-state index is 4.55. The van der Waals surface area contributed by atoms with Crippen LogP contribution in [0.3, 0.4) is 0 Å². The Balaban J connectivity index is 1.52. The van der Waals surface area contributed by atoms with Crippen molar-refractivity contribution in [2.24, 2.45) is 0 Å². The molecule has 0 aromatic carbocycles. The number of aryl methyl sites for hydroxylation is 1. The SMILES string of the molecule is Cc1nc2ncnn2c2c1CCN2CCN1CCN(C)CC1. The number of hydrogen-bond donors (Lipinski definition) is 0. The monoisotopic (exact) mass is 301 g/mol. The van der Waals surface area contributed by atoms with E-state index >= 15 is 0 Å². The maximum Gasteiger partial charge on any atom is 0.254 e. The molecule has 2 aliphatic rings. The molecule has 4 rings (SSSR count). The number of nitrogens with zero attached hydrogens (tertiary/aromatic N) is 7. The smallest absolute Gasteiger partial charge is 0.254 e. The molecular formula is C15H23N7. The summed E-state index contributed by atoms with van der Waals surface area (Å²) in [6, 6.07) is 0. The summed E-state index contributed by atoms with van der Waals surface area (Å²) in [7, 11) is 2.20. The van der Waals surface area contributed by atoms with E-state index in [0.717, 1.165) is 31.7 Å². The molecule has 4 heterocycles. The number of likely N-dealkylation sites (N-methyl/N-ethyl adjacent to an activating group) is 1. The molecule has 22 heavy (non-hydrogen) atoms. The van der Waals surface area contributed by atoms with E-state index in [2.05, 4.69) is 43.7 Å². The third-order valence-electron chi connectivity index (χ3n) is 4.92. The van der Waals surface area contributed by atoms with Gasteiger partial charge in [-0.3, -0.25) is 4.90 Å². The van der Waals surface area contributed by atoms with Crippen LogP contribution in [0.15, 0.2) is 6.33 Å². The summed E-state index contributed by atoms with van der Waals surface area (Å²) in [6.45, 7) is 10.00. The van der Waals surface area contributed by atoms with E-state index in [1.54, 1.807) is 6.33 Å². The molecule has 0 bridgehead atoms. The van der Waals surface area contributed by atoms with Crippen molar-refractivity contribution in [3.8, 4) is 0 Å². The highest BCUT2D eigenvalue weighted by Gasteiger charge is 2.26. The van der Waals surface area contributed by atoms with E-state index in [0.29, 0.717) is 5.78 Å². The van der Waals surface area contributed by atoms with Crippen LogP contribution in [0.4, 0.5) is 5.82 Å². The van der Waals surface area contributed by atoms with Crippen molar-refractivity contribution in [2.75, 3.05) is 57.8 Å². The van der Waals surface area contributed by atoms with Gasteiger partial charge in [0.15, 0.2) is 0 Å². The standard InChI is InChI=1S/C15H23N7/c1-12-13-3-4-21(10-9-20-7-5-19(2)6-8-20)14(13)22-15(18-12)16-11-17-22/h11H,3-10H2,1-2H3. The van der Waals surface area contributed by atoms with E-state index in [1.807, 2.05) is 4.52 Å². The highest BCUT2D eigenvalue weighted by Crippen LogP contribution is 2.29. The van der Waals surface area contributed by atoms with Crippen molar-refractivity contribution in [3.05, 3.63) is 17.6 Å². The fraction of sp³-hybridized carbons (Fsp3) is 0.667. The zero-order chi connectivity index (χ0) is 15.1. The van der Waals surface area contributed by atoms with Gasteiger partial charge in [-0.2, -0.15) is 14.6 Å². The number of fused-ring (bicyclic) bond motifs is 3. The lowest BCUT2D eigenvalue weighted by Crippen LogP contribution is -2.47. The summed E-state index contributed by atoms with van der Waals surface area (Å²) in [5.41, 5.74) is 2.42. The minimum absolute atomic E-state index is 0.711. The first-order valence-electron chi connectivity index (χ1n) is 8.07. The van der Waals surface area contributed by atoms with Gasteiger partial charge in [-0.1, -0.05) is 0 Å². The molecule has 0 amide bonds. The van der Waals surface area contributed by atoms with Gasteiger partial charge in [0, 0.05) is 57.1 Å². The summed E-state index contributed by atoms with van der Waals surface area (Å²) in [5, 5.41) is 4.37. The summed E-state index contributed by atoms with van der Waals surface area (Å²) in [4.78, 5) is 16.2. The number of anilines is 1. The van der Waals surface area contributed by atoms with E-state index < -0.39 is 0 Å². The molecule has 7 heteroatoms. The zero-order valence-corrected chi connectivity index (χ0v) is 13.4. The molecule has 2 aliphatic heterocycles. The molecular weight excluding hydrogens is 278 g/mol. The minimum Gasteiger partial charge on any atom is -0.355 e. The van der Waals surface area contributed by atoms with Crippen molar-refractivity contribution in [3.63, 3.8) is 0 Å². The largest absolute Gasteiger partial charge is 0.355 e. The molecule has 0 aliphatic carbocycles. The van der Waals surface area contributed by atoms with Gasteiger partial charge in [0.2, 0.25) is 0 Å². The highest BCUT2D eigenvalue weighted by atomic mass is 15.4. The molecule has 7 nitrogen and oxygen atoms in total. The molecule has 0 radical (unpaired) electrons. The van der Waals surface area contributed by atoms with Crippen molar-refractivity contribution in [1.82, 2.24) is 29.4 Å². The fourth-order valence-corrected chi connectivity index (χ4v) is 3.49. The molecule has 2 aromatic rings. The second-order valence-electron chi connectivity index (χ2n) is 6.35. The highest BCUT2D eigenvalue weighted by molar-refractivity contribution is 5.58. The van der Waals surface area contributed by atoms with Crippen LogP contribution in [-0.2, 0) is 6.42 Å². The Morgan fingerprint density at radius 1 is 1.09 bits per heavy atom. The molecule has 0 saturated carbocycles. The van der Waals surface area contributed by atoms with Crippen molar-refractivity contribution in [1.29, 1.82) is 0 Å². The van der Waals surface area contributed by atoms with Crippen LogP contribution < -0.4 is 4.90 Å². The lowest BCUT2D eigenvalue weighted by Gasteiger charge is -2.33. The molecule has 0 N–H and O–H groups in total. The number of piperazine rings is 1. The van der Waals surface area contributed by atoms with Crippen molar-refractivity contribution in [2.45, 2.75) is 13.3 Å². The first-order chi connectivity index (χ1) is 10.7. The second-order valence-corrected chi connectivity index (χ2v) is 6.35. The molecule has 1 saturated heterocycles. The van der Waals surface area contributed by atoms with Crippen LogP contribution in [0.2, 0.25) is 0 Å². The topological polar surface area (TPSA) is 52.8 Å². The molecule has 0 unspecified atom stereocenters. The first kappa shape index (κ1) is 13.9. The van der Waals surface area contributed by atoms with Gasteiger partial charge in [-0.15, -0.1) is 0 Å². The number of rotatable bonds is 3. The summed E-state index contributed by atoms with van der Waals surface area (Å²) in [5.74, 6) is 1.91. The van der Waals surface area contributed by atoms with Crippen LogP contribution in [0.5, 0.6) is 0 Å². The van der Waals surface area contributed by atoms with Crippen molar-refractivity contribution < 1.29 is 0 Å². The van der Waals surface area contributed by atoms with Gasteiger partial charge in [0.25, 0.3) is 5.78 Å². The van der Waals surface area contributed by atoms with E-state index in [1.165, 1.54) is 37.6 Å². The van der Waals surface area contributed by atoms with Crippen LogP contribution in [0, 0.1) is 6.92 Å². The summed E-state index contributed by atoms with van der Waals surface area (Å²) >= 11 is 0. The second kappa shape index (κ2) is 5.48. The van der Waals surface area contributed by atoms with Crippen LogP contribution in [0.1, 0.15) is 11.3 Å². The van der Waals surface area contributed by atoms with E-state index in [4.69, 9.17) is 0 Å². The van der Waals surface area contributed by atoms with Gasteiger partial charge in [0.1, 0.15) is 12.1 Å². The van der Waals surface area contributed by atoms with Crippen molar-refractivity contribution >= 4 is 11.6 Å². The third-order valence-corrected chi connectivity index (χ3v) is 4.92. The third kappa shape index (κ3) is 2.34. The quantitative estimate of drug-likeness (QED) is 0.798. The molecule has 118 valence electrons. The Bertz CT molecular complexity index is 672. The molecule has 1 fully saturated rings. The molecule has 0 spiro atoms. The predicted molar refractivity (Wildman–Crippen MR) is 85.4 cm³/mol. The Hall–Kier alpha value is -1.73. The summed E-state index contributed by atoms with van der Waals surface area (Å²) in [6.07, 6.45) is 2.66. The lowest BCUT2D eigenvalue weighted by molar-refractivity contribution is 0.157.